The van der Waals surface area contributed by atoms with Gasteiger partial charge in [0.25, 0.3) is 0 Å². The number of pyridine rings is 1. The Morgan fingerprint density at radius 1 is 0.943 bits per heavy atom. The maximum absolute atomic E-state index is 11.5. The number of nitrogens with one attached hydrogen (secondary N) is 1. The molecule has 2 aromatic heterocycles. The Kier molecular flexibility index (Phi) is 6.96. The molecule has 0 spiro atoms. The molecule has 35 heavy (non-hydrogen) atoms. The molecule has 176 valence electrons. The summed E-state index contributed by atoms with van der Waals surface area (Å²) < 4.78 is 5.82. The van der Waals surface area contributed by atoms with E-state index in [2.05, 4.69) is 20.3 Å². The fourth-order valence-electron chi connectivity index (χ4n) is 3.56. The lowest BCUT2D eigenvalue weighted by Crippen LogP contribution is -2.11. The zero-order valence-electron chi connectivity index (χ0n) is 18.8. The molecule has 0 fully saturated rings. The molecule has 1 unspecified atom stereocenters. The van der Waals surface area contributed by atoms with Crippen LogP contribution in [0.25, 0.3) is 11.3 Å². The first-order valence-corrected chi connectivity index (χ1v) is 10.7. The van der Waals surface area contributed by atoms with Crippen molar-refractivity contribution < 1.29 is 24.5 Å². The third-order valence-corrected chi connectivity index (χ3v) is 5.32. The van der Waals surface area contributed by atoms with Crippen LogP contribution >= 0.6 is 0 Å². The second kappa shape index (κ2) is 10.4. The minimum absolute atomic E-state index is 0.0723. The van der Waals surface area contributed by atoms with E-state index >= 15 is 0 Å². The molecule has 0 bridgehead atoms. The number of carboxylic acids is 2. The predicted octanol–water partition coefficient (Wildman–Crippen LogP) is 4.68. The third kappa shape index (κ3) is 5.77. The Hall–Kier alpha value is -4.79. The van der Waals surface area contributed by atoms with E-state index in [1.807, 2.05) is 37.4 Å². The van der Waals surface area contributed by atoms with Gasteiger partial charge in [-0.2, -0.15) is 4.98 Å². The number of nitrogens with zero attached hydrogens (tertiary/aromatic N) is 3. The summed E-state index contributed by atoms with van der Waals surface area (Å²) in [5.41, 5.74) is 2.92. The summed E-state index contributed by atoms with van der Waals surface area (Å²) in [6, 6.07) is 20.8. The van der Waals surface area contributed by atoms with Crippen LogP contribution in [-0.4, -0.2) is 44.2 Å². The molecule has 9 heteroatoms. The van der Waals surface area contributed by atoms with Crippen molar-refractivity contribution in [3.8, 4) is 23.0 Å². The monoisotopic (exact) mass is 470 g/mol. The Bertz CT molecular complexity index is 1340. The van der Waals surface area contributed by atoms with Gasteiger partial charge in [0.05, 0.1) is 23.4 Å². The van der Waals surface area contributed by atoms with Crippen LogP contribution in [0.1, 0.15) is 34.0 Å². The number of hydrogen-bond donors (Lipinski definition) is 3. The molecule has 0 radical (unpaired) electrons. The summed E-state index contributed by atoms with van der Waals surface area (Å²) in [7, 11) is 1.81. The van der Waals surface area contributed by atoms with E-state index in [0.717, 1.165) is 17.1 Å². The van der Waals surface area contributed by atoms with Crippen LogP contribution in [0.4, 0.5) is 5.82 Å². The lowest BCUT2D eigenvalue weighted by atomic mass is 9.91. The van der Waals surface area contributed by atoms with Gasteiger partial charge in [0, 0.05) is 24.7 Å². The highest BCUT2D eigenvalue weighted by molar-refractivity contribution is 5.87. The number of ether oxygens (including phenoxy) is 1. The highest BCUT2D eigenvalue weighted by Gasteiger charge is 2.21. The molecule has 1 atom stereocenters. The summed E-state index contributed by atoms with van der Waals surface area (Å²) >= 11 is 0. The summed E-state index contributed by atoms with van der Waals surface area (Å²) in [5.74, 6) is -1.39. The van der Waals surface area contributed by atoms with Crippen LogP contribution in [0.5, 0.6) is 11.8 Å². The second-order valence-electron chi connectivity index (χ2n) is 7.63. The quantitative estimate of drug-likeness (QED) is 0.319. The Labute approximate surface area is 201 Å². The molecule has 0 saturated heterocycles. The van der Waals surface area contributed by atoms with Crippen LogP contribution in [-0.2, 0) is 4.79 Å². The Balaban J connectivity index is 1.56. The molecule has 0 aliphatic rings. The second-order valence-corrected chi connectivity index (χ2v) is 7.63. The summed E-state index contributed by atoms with van der Waals surface area (Å²) in [5, 5.41) is 21.6. The van der Waals surface area contributed by atoms with Gasteiger partial charge in [-0.3, -0.25) is 4.79 Å². The fourth-order valence-corrected chi connectivity index (χ4v) is 3.56. The van der Waals surface area contributed by atoms with E-state index in [1.54, 1.807) is 30.3 Å². The van der Waals surface area contributed by atoms with Gasteiger partial charge in [0.1, 0.15) is 11.6 Å². The molecule has 3 N–H and O–H groups in total. The standard InChI is InChI=1S/C26H22N4O5/c1-27-23-4-2-3-21(29-23)17-9-11-19(12-10-17)35-26-28-14-13-22(30-26)20(15-24(31)32)16-5-7-18(8-6-16)25(33)34/h2-14,20H,15H2,1H3,(H,27,29)(H,31,32)(H,33,34). The van der Waals surface area contributed by atoms with Crippen molar-refractivity contribution in [3.05, 3.63) is 95.8 Å². The number of carbonyl (C=O) groups is 2. The summed E-state index contributed by atoms with van der Waals surface area (Å²) in [6.45, 7) is 0. The van der Waals surface area contributed by atoms with E-state index < -0.39 is 17.9 Å². The van der Waals surface area contributed by atoms with Gasteiger partial charge in [-0.1, -0.05) is 18.2 Å². The third-order valence-electron chi connectivity index (χ3n) is 5.32. The van der Waals surface area contributed by atoms with Crippen LogP contribution < -0.4 is 10.1 Å². The van der Waals surface area contributed by atoms with Gasteiger partial charge in [0.15, 0.2) is 0 Å². The minimum Gasteiger partial charge on any atom is -0.481 e. The molecule has 4 aromatic rings. The first-order valence-electron chi connectivity index (χ1n) is 10.7. The van der Waals surface area contributed by atoms with Crippen molar-refractivity contribution in [1.29, 1.82) is 0 Å². The van der Waals surface area contributed by atoms with Crippen molar-refractivity contribution >= 4 is 17.8 Å². The van der Waals surface area contributed by atoms with Crippen LogP contribution in [0.2, 0.25) is 0 Å². The van der Waals surface area contributed by atoms with Gasteiger partial charge >= 0.3 is 17.9 Å². The van der Waals surface area contributed by atoms with Gasteiger partial charge in [-0.05, 0) is 60.2 Å². The number of aliphatic carboxylic acids is 1. The normalized spacial score (nSPS) is 11.5. The fraction of sp³-hybridized carbons (Fsp3) is 0.115. The zero-order chi connectivity index (χ0) is 24.8. The van der Waals surface area contributed by atoms with Gasteiger partial charge in [0.2, 0.25) is 0 Å². The first kappa shape index (κ1) is 23.4. The molecule has 0 amide bonds. The molecule has 4 rings (SSSR count). The number of hydrogen-bond acceptors (Lipinski definition) is 7. The lowest BCUT2D eigenvalue weighted by molar-refractivity contribution is -0.137. The lowest BCUT2D eigenvalue weighted by Gasteiger charge is -2.16. The number of anilines is 1. The van der Waals surface area contributed by atoms with E-state index in [0.29, 0.717) is 17.0 Å². The van der Waals surface area contributed by atoms with E-state index in [9.17, 15) is 14.7 Å². The van der Waals surface area contributed by atoms with Gasteiger partial charge in [-0.15, -0.1) is 0 Å². The molecule has 9 nitrogen and oxygen atoms in total. The van der Waals surface area contributed by atoms with Crippen molar-refractivity contribution in [3.63, 3.8) is 0 Å². The number of aromatic carboxylic acids is 1. The Morgan fingerprint density at radius 2 is 1.69 bits per heavy atom. The largest absolute Gasteiger partial charge is 0.481 e. The average molecular weight is 470 g/mol. The van der Waals surface area contributed by atoms with Crippen molar-refractivity contribution in [1.82, 2.24) is 15.0 Å². The number of aromatic nitrogens is 3. The van der Waals surface area contributed by atoms with Crippen molar-refractivity contribution in [2.45, 2.75) is 12.3 Å². The highest BCUT2D eigenvalue weighted by Crippen LogP contribution is 2.29. The minimum atomic E-state index is -1.06. The van der Waals surface area contributed by atoms with Crippen molar-refractivity contribution in [2.24, 2.45) is 0 Å². The SMILES string of the molecule is CNc1cccc(-c2ccc(Oc3nccc(C(CC(=O)O)c4ccc(C(=O)O)cc4)n3)cc2)n1. The number of benzene rings is 2. The van der Waals surface area contributed by atoms with E-state index in [-0.39, 0.29) is 18.0 Å². The Morgan fingerprint density at radius 3 is 2.34 bits per heavy atom. The summed E-state index contributed by atoms with van der Waals surface area (Å²) in [4.78, 5) is 35.8. The van der Waals surface area contributed by atoms with Crippen LogP contribution in [0.15, 0.2) is 79.0 Å². The van der Waals surface area contributed by atoms with Crippen LogP contribution in [0, 0.1) is 0 Å². The first-order chi connectivity index (χ1) is 16.9. The van der Waals surface area contributed by atoms with Gasteiger partial charge in [-0.25, -0.2) is 14.8 Å². The zero-order valence-corrected chi connectivity index (χ0v) is 18.8. The molecular weight excluding hydrogens is 448 g/mol. The molecule has 2 aromatic carbocycles. The molecule has 0 aliphatic carbocycles. The topological polar surface area (TPSA) is 135 Å². The maximum atomic E-state index is 11.5. The predicted molar refractivity (Wildman–Crippen MR) is 129 cm³/mol. The van der Waals surface area contributed by atoms with Crippen LogP contribution in [0.3, 0.4) is 0 Å². The maximum Gasteiger partial charge on any atom is 0.335 e. The van der Waals surface area contributed by atoms with Crippen molar-refractivity contribution in [2.75, 3.05) is 12.4 Å². The van der Waals surface area contributed by atoms with E-state index in [1.165, 1.54) is 18.3 Å². The summed E-state index contributed by atoms with van der Waals surface area (Å²) in [6.07, 6.45) is 1.27. The highest BCUT2D eigenvalue weighted by atomic mass is 16.5. The molecule has 0 aliphatic heterocycles. The van der Waals surface area contributed by atoms with E-state index in [4.69, 9.17) is 9.84 Å². The number of carboxylic acid groups (broad SMARTS) is 2. The molecule has 0 saturated carbocycles. The smallest absolute Gasteiger partial charge is 0.335 e. The average Bonchev–Trinajstić information content (AvgIpc) is 2.88. The molecular formula is C26H22N4O5. The van der Waals surface area contributed by atoms with Gasteiger partial charge < -0.3 is 20.3 Å². The number of rotatable bonds is 9. The molecule has 2 heterocycles.